The Balaban J connectivity index is 1.43. The quantitative estimate of drug-likeness (QED) is 0.426. The van der Waals surface area contributed by atoms with E-state index >= 15 is 0 Å². The lowest BCUT2D eigenvalue weighted by Gasteiger charge is -2.11. The van der Waals surface area contributed by atoms with Crippen LogP contribution in [0.5, 0.6) is 0 Å². The summed E-state index contributed by atoms with van der Waals surface area (Å²) in [5.74, 6) is 0.759. The summed E-state index contributed by atoms with van der Waals surface area (Å²) in [4.78, 5) is 29.5. The number of aryl methyl sites for hydroxylation is 2. The maximum Gasteiger partial charge on any atom is 0.286 e. The number of hydrogen-bond acceptors (Lipinski definition) is 4. The van der Waals surface area contributed by atoms with Gasteiger partial charge in [0.2, 0.25) is 5.91 Å². The molecule has 0 aliphatic rings. The van der Waals surface area contributed by atoms with Crippen molar-refractivity contribution < 1.29 is 14.0 Å². The lowest BCUT2D eigenvalue weighted by Crippen LogP contribution is -2.25. The van der Waals surface area contributed by atoms with E-state index in [0.29, 0.717) is 25.1 Å². The second-order valence-corrected chi connectivity index (χ2v) is 7.30. The van der Waals surface area contributed by atoms with Gasteiger partial charge in [-0.1, -0.05) is 30.3 Å². The standard InChI is InChI=1S/C24H24N4O3/c1-17-8-2-3-9-18(17)27-23(29)16-28-20-11-5-4-10-19(20)26-22(28)13-6-14-25-24(30)21-12-7-15-31-21/h2-5,7-12,15H,6,13-14,16H2,1H3,(H,25,30)(H,27,29). The number of carbonyl (C=O) groups is 2. The van der Waals surface area contributed by atoms with Crippen LogP contribution in [0.4, 0.5) is 5.69 Å². The van der Waals surface area contributed by atoms with Gasteiger partial charge in [-0.3, -0.25) is 9.59 Å². The zero-order valence-corrected chi connectivity index (χ0v) is 17.3. The maximum atomic E-state index is 12.8. The summed E-state index contributed by atoms with van der Waals surface area (Å²) in [5, 5.41) is 5.82. The molecule has 0 bridgehead atoms. The SMILES string of the molecule is Cc1ccccc1NC(=O)Cn1c(CCCNC(=O)c2ccco2)nc2ccccc21. The third-order valence-electron chi connectivity index (χ3n) is 5.06. The fourth-order valence-electron chi connectivity index (χ4n) is 3.48. The first kappa shape index (κ1) is 20.4. The molecule has 0 atom stereocenters. The van der Waals surface area contributed by atoms with Gasteiger partial charge in [0.25, 0.3) is 5.91 Å². The van der Waals surface area contributed by atoms with Crippen LogP contribution in [0, 0.1) is 6.92 Å². The zero-order valence-electron chi connectivity index (χ0n) is 17.3. The molecule has 0 fully saturated rings. The van der Waals surface area contributed by atoms with Crippen molar-refractivity contribution in [3.8, 4) is 0 Å². The molecule has 2 aromatic heterocycles. The smallest absolute Gasteiger partial charge is 0.286 e. The van der Waals surface area contributed by atoms with Gasteiger partial charge >= 0.3 is 0 Å². The average molecular weight is 416 g/mol. The Morgan fingerprint density at radius 2 is 1.84 bits per heavy atom. The number of fused-ring (bicyclic) bond motifs is 1. The Kier molecular flexibility index (Phi) is 6.12. The minimum Gasteiger partial charge on any atom is -0.459 e. The molecule has 2 amide bonds. The normalized spacial score (nSPS) is 10.9. The highest BCUT2D eigenvalue weighted by molar-refractivity contribution is 5.92. The number of carbonyl (C=O) groups excluding carboxylic acids is 2. The second-order valence-electron chi connectivity index (χ2n) is 7.30. The second kappa shape index (κ2) is 9.30. The van der Waals surface area contributed by atoms with E-state index in [0.717, 1.165) is 28.1 Å². The van der Waals surface area contributed by atoms with Crippen LogP contribution in [0.25, 0.3) is 11.0 Å². The van der Waals surface area contributed by atoms with Gasteiger partial charge in [-0.15, -0.1) is 0 Å². The van der Waals surface area contributed by atoms with Crippen molar-refractivity contribution in [1.82, 2.24) is 14.9 Å². The van der Waals surface area contributed by atoms with Crippen LogP contribution in [0.15, 0.2) is 71.3 Å². The van der Waals surface area contributed by atoms with Crippen LogP contribution in [0.3, 0.4) is 0 Å². The van der Waals surface area contributed by atoms with Crippen molar-refractivity contribution in [3.63, 3.8) is 0 Å². The summed E-state index contributed by atoms with van der Waals surface area (Å²) in [6, 6.07) is 18.8. The molecule has 0 aliphatic heterocycles. The van der Waals surface area contributed by atoms with Crippen LogP contribution in [0.1, 0.15) is 28.4 Å². The summed E-state index contributed by atoms with van der Waals surface area (Å²) >= 11 is 0. The first-order chi connectivity index (χ1) is 15.1. The summed E-state index contributed by atoms with van der Waals surface area (Å²) in [6.07, 6.45) is 2.79. The third kappa shape index (κ3) is 4.83. The van der Waals surface area contributed by atoms with Crippen LogP contribution < -0.4 is 10.6 Å². The molecule has 31 heavy (non-hydrogen) atoms. The Hall–Kier alpha value is -3.87. The topological polar surface area (TPSA) is 89.2 Å². The molecule has 0 unspecified atom stereocenters. The molecule has 7 heteroatoms. The Morgan fingerprint density at radius 1 is 1.03 bits per heavy atom. The Morgan fingerprint density at radius 3 is 2.65 bits per heavy atom. The van der Waals surface area contributed by atoms with E-state index < -0.39 is 0 Å². The molecule has 0 saturated heterocycles. The lowest BCUT2D eigenvalue weighted by molar-refractivity contribution is -0.116. The van der Waals surface area contributed by atoms with Crippen molar-refractivity contribution in [2.24, 2.45) is 0 Å². The van der Waals surface area contributed by atoms with Gasteiger partial charge in [-0.25, -0.2) is 4.98 Å². The van der Waals surface area contributed by atoms with Gasteiger partial charge in [0.15, 0.2) is 5.76 Å². The van der Waals surface area contributed by atoms with Crippen LogP contribution >= 0.6 is 0 Å². The predicted octanol–water partition coefficient (Wildman–Crippen LogP) is 3.94. The molecule has 4 aromatic rings. The van der Waals surface area contributed by atoms with Crippen molar-refractivity contribution in [3.05, 3.63) is 84.1 Å². The number of amides is 2. The summed E-state index contributed by atoms with van der Waals surface area (Å²) in [5.41, 5.74) is 3.58. The number of para-hydroxylation sites is 3. The molecule has 0 saturated carbocycles. The predicted molar refractivity (Wildman–Crippen MR) is 119 cm³/mol. The fourth-order valence-corrected chi connectivity index (χ4v) is 3.48. The number of furan rings is 1. The molecule has 4 rings (SSSR count). The molecule has 0 spiro atoms. The Labute approximate surface area is 180 Å². The van der Waals surface area contributed by atoms with Crippen LogP contribution in [-0.2, 0) is 17.8 Å². The van der Waals surface area contributed by atoms with Gasteiger partial charge in [-0.2, -0.15) is 0 Å². The molecule has 2 aromatic carbocycles. The highest BCUT2D eigenvalue weighted by atomic mass is 16.3. The van der Waals surface area contributed by atoms with Gasteiger partial charge < -0.3 is 19.6 Å². The van der Waals surface area contributed by atoms with Crippen molar-refractivity contribution in [2.45, 2.75) is 26.3 Å². The van der Waals surface area contributed by atoms with E-state index in [9.17, 15) is 9.59 Å². The van der Waals surface area contributed by atoms with E-state index in [1.165, 1.54) is 6.26 Å². The van der Waals surface area contributed by atoms with E-state index in [1.54, 1.807) is 12.1 Å². The van der Waals surface area contributed by atoms with E-state index in [1.807, 2.05) is 60.0 Å². The molecule has 0 radical (unpaired) electrons. The molecule has 2 heterocycles. The molecule has 158 valence electrons. The summed E-state index contributed by atoms with van der Waals surface area (Å²) in [6.45, 7) is 2.62. The summed E-state index contributed by atoms with van der Waals surface area (Å²) in [7, 11) is 0. The molecular formula is C24H24N4O3. The van der Waals surface area contributed by atoms with Crippen molar-refractivity contribution in [2.75, 3.05) is 11.9 Å². The number of imidazole rings is 1. The summed E-state index contributed by atoms with van der Waals surface area (Å²) < 4.78 is 7.04. The molecule has 7 nitrogen and oxygen atoms in total. The fraction of sp³-hybridized carbons (Fsp3) is 0.208. The first-order valence-corrected chi connectivity index (χ1v) is 10.2. The van der Waals surface area contributed by atoms with Gasteiger partial charge in [0, 0.05) is 18.7 Å². The largest absolute Gasteiger partial charge is 0.459 e. The van der Waals surface area contributed by atoms with Gasteiger partial charge in [0.1, 0.15) is 12.4 Å². The van der Waals surface area contributed by atoms with E-state index in [-0.39, 0.29) is 18.4 Å². The number of nitrogens with one attached hydrogen (secondary N) is 2. The number of anilines is 1. The highest BCUT2D eigenvalue weighted by Crippen LogP contribution is 2.18. The third-order valence-corrected chi connectivity index (χ3v) is 5.06. The van der Waals surface area contributed by atoms with Gasteiger partial charge in [0.05, 0.1) is 17.3 Å². The average Bonchev–Trinajstić information content (AvgIpc) is 3.42. The molecular weight excluding hydrogens is 392 g/mol. The van der Waals surface area contributed by atoms with Crippen LogP contribution in [-0.4, -0.2) is 27.9 Å². The van der Waals surface area contributed by atoms with E-state index in [4.69, 9.17) is 9.40 Å². The minimum atomic E-state index is -0.240. The molecule has 0 aliphatic carbocycles. The number of rotatable bonds is 8. The van der Waals surface area contributed by atoms with Crippen molar-refractivity contribution >= 4 is 28.5 Å². The first-order valence-electron chi connectivity index (χ1n) is 10.2. The van der Waals surface area contributed by atoms with Gasteiger partial charge in [-0.05, 0) is 49.2 Å². The number of benzene rings is 2. The zero-order chi connectivity index (χ0) is 21.6. The van der Waals surface area contributed by atoms with E-state index in [2.05, 4.69) is 10.6 Å². The minimum absolute atomic E-state index is 0.107. The molecule has 2 N–H and O–H groups in total. The number of nitrogens with zero attached hydrogens (tertiary/aromatic N) is 2. The lowest BCUT2D eigenvalue weighted by atomic mass is 10.2. The maximum absolute atomic E-state index is 12.8. The Bertz CT molecular complexity index is 1190. The monoisotopic (exact) mass is 416 g/mol. The van der Waals surface area contributed by atoms with Crippen LogP contribution in [0.2, 0.25) is 0 Å². The highest BCUT2D eigenvalue weighted by Gasteiger charge is 2.14. The number of aromatic nitrogens is 2. The van der Waals surface area contributed by atoms with Crippen molar-refractivity contribution in [1.29, 1.82) is 0 Å². The number of hydrogen-bond donors (Lipinski definition) is 2.